The average Bonchev–Trinajstić information content (AvgIpc) is 2.65. The van der Waals surface area contributed by atoms with E-state index in [0.29, 0.717) is 0 Å². The first-order chi connectivity index (χ1) is 8.05. The largest absolute Gasteiger partial charge is 0.389 e. The van der Waals surface area contributed by atoms with E-state index in [1.54, 1.807) is 0 Å². The Morgan fingerprint density at radius 2 is 2.24 bits per heavy atom. The van der Waals surface area contributed by atoms with Crippen molar-refractivity contribution in [3.63, 3.8) is 0 Å². The highest BCUT2D eigenvalue weighted by atomic mass is 16.5. The van der Waals surface area contributed by atoms with Crippen LogP contribution < -0.4 is 5.32 Å². The summed E-state index contributed by atoms with van der Waals surface area (Å²) in [6.07, 6.45) is 3.16. The molecular weight excluding hydrogens is 216 g/mol. The van der Waals surface area contributed by atoms with E-state index in [9.17, 15) is 5.11 Å². The highest BCUT2D eigenvalue weighted by molar-refractivity contribution is 4.91. The molecule has 2 saturated heterocycles. The molecule has 2 rings (SSSR count). The first-order valence-corrected chi connectivity index (χ1v) is 6.72. The molecule has 2 N–H and O–H groups in total. The summed E-state index contributed by atoms with van der Waals surface area (Å²) in [6, 6.07) is 0. The standard InChI is InChI=1S/C13H26N2O2/c1-12(16)4-3-6-15(9-12)10-13(8-14-2)5-7-17-11-13/h14,16H,3-11H2,1-2H3. The second kappa shape index (κ2) is 5.22. The van der Waals surface area contributed by atoms with E-state index in [4.69, 9.17) is 4.74 Å². The lowest BCUT2D eigenvalue weighted by atomic mass is 9.85. The van der Waals surface area contributed by atoms with Crippen molar-refractivity contribution in [3.8, 4) is 0 Å². The third-order valence-corrected chi connectivity index (χ3v) is 4.05. The zero-order valence-electron chi connectivity index (χ0n) is 11.2. The fraction of sp³-hybridized carbons (Fsp3) is 1.00. The summed E-state index contributed by atoms with van der Waals surface area (Å²) in [5, 5.41) is 13.4. The molecule has 0 spiro atoms. The molecule has 0 bridgehead atoms. The zero-order valence-corrected chi connectivity index (χ0v) is 11.2. The van der Waals surface area contributed by atoms with Crippen LogP contribution in [0.3, 0.4) is 0 Å². The fourth-order valence-electron chi connectivity index (χ4n) is 3.28. The Bertz CT molecular complexity index is 250. The van der Waals surface area contributed by atoms with Crippen molar-refractivity contribution in [2.75, 3.05) is 46.4 Å². The van der Waals surface area contributed by atoms with E-state index in [1.807, 2.05) is 14.0 Å². The lowest BCUT2D eigenvalue weighted by molar-refractivity contribution is -0.0293. The van der Waals surface area contributed by atoms with Crippen LogP contribution in [-0.2, 0) is 4.74 Å². The Labute approximate surface area is 104 Å². The first-order valence-electron chi connectivity index (χ1n) is 6.72. The molecule has 0 aromatic rings. The topological polar surface area (TPSA) is 44.7 Å². The van der Waals surface area contributed by atoms with Crippen LogP contribution in [0, 0.1) is 5.41 Å². The number of β-amino-alcohol motifs (C(OH)–C–C–N with tert-alkyl or cyclic N) is 1. The van der Waals surface area contributed by atoms with Gasteiger partial charge in [0.05, 0.1) is 12.2 Å². The minimum absolute atomic E-state index is 0.252. The van der Waals surface area contributed by atoms with Crippen molar-refractivity contribution in [3.05, 3.63) is 0 Å². The van der Waals surface area contributed by atoms with E-state index < -0.39 is 5.60 Å². The van der Waals surface area contributed by atoms with Gasteiger partial charge < -0.3 is 15.2 Å². The van der Waals surface area contributed by atoms with Crippen molar-refractivity contribution in [1.29, 1.82) is 0 Å². The number of aliphatic hydroxyl groups is 1. The molecule has 0 aromatic carbocycles. The van der Waals surface area contributed by atoms with Gasteiger partial charge in [-0.1, -0.05) is 0 Å². The van der Waals surface area contributed by atoms with Crippen LogP contribution in [0.1, 0.15) is 26.2 Å². The normalized spacial score (nSPS) is 39.7. The van der Waals surface area contributed by atoms with E-state index in [0.717, 1.165) is 58.7 Å². The van der Waals surface area contributed by atoms with Crippen molar-refractivity contribution in [2.45, 2.75) is 31.8 Å². The summed E-state index contributed by atoms with van der Waals surface area (Å²) in [7, 11) is 2.01. The quantitative estimate of drug-likeness (QED) is 0.752. The summed E-state index contributed by atoms with van der Waals surface area (Å²) >= 11 is 0. The molecule has 0 amide bonds. The molecule has 17 heavy (non-hydrogen) atoms. The molecule has 2 unspecified atom stereocenters. The summed E-state index contributed by atoms with van der Waals surface area (Å²) in [5.41, 5.74) is -0.249. The van der Waals surface area contributed by atoms with E-state index in [1.165, 1.54) is 0 Å². The Morgan fingerprint density at radius 1 is 1.41 bits per heavy atom. The van der Waals surface area contributed by atoms with Gasteiger partial charge in [-0.25, -0.2) is 0 Å². The van der Waals surface area contributed by atoms with Crippen LogP contribution in [-0.4, -0.2) is 62.0 Å². The second-order valence-electron chi connectivity index (χ2n) is 6.14. The van der Waals surface area contributed by atoms with Gasteiger partial charge in [-0.2, -0.15) is 0 Å². The van der Waals surface area contributed by atoms with E-state index in [-0.39, 0.29) is 5.41 Å². The highest BCUT2D eigenvalue weighted by Gasteiger charge is 2.38. The maximum atomic E-state index is 10.1. The first kappa shape index (κ1) is 13.3. The smallest absolute Gasteiger partial charge is 0.0746 e. The molecule has 4 nitrogen and oxygen atoms in total. The van der Waals surface area contributed by atoms with Crippen molar-refractivity contribution >= 4 is 0 Å². The van der Waals surface area contributed by atoms with Crippen molar-refractivity contribution in [2.24, 2.45) is 5.41 Å². The maximum absolute atomic E-state index is 10.1. The number of hydrogen-bond acceptors (Lipinski definition) is 4. The Morgan fingerprint density at radius 3 is 2.82 bits per heavy atom. The van der Waals surface area contributed by atoms with Gasteiger partial charge in [-0.15, -0.1) is 0 Å². The van der Waals surface area contributed by atoms with Crippen molar-refractivity contribution < 1.29 is 9.84 Å². The summed E-state index contributed by atoms with van der Waals surface area (Å²) in [4.78, 5) is 2.41. The SMILES string of the molecule is CNCC1(CN2CCCC(C)(O)C2)CCOC1. The number of likely N-dealkylation sites (tertiary alicyclic amines) is 1. The molecule has 2 heterocycles. The third-order valence-electron chi connectivity index (χ3n) is 4.05. The van der Waals surface area contributed by atoms with Gasteiger partial charge in [0.2, 0.25) is 0 Å². The average molecular weight is 242 g/mol. The lowest BCUT2D eigenvalue weighted by Crippen LogP contribution is -2.51. The van der Waals surface area contributed by atoms with Gasteiger partial charge in [-0.05, 0) is 39.8 Å². The molecule has 100 valence electrons. The monoisotopic (exact) mass is 242 g/mol. The number of piperidine rings is 1. The van der Waals surface area contributed by atoms with Crippen LogP contribution in [0.15, 0.2) is 0 Å². The number of ether oxygens (including phenoxy) is 1. The Balaban J connectivity index is 1.93. The molecule has 2 fully saturated rings. The molecule has 0 aromatic heterocycles. The van der Waals surface area contributed by atoms with E-state index in [2.05, 4.69) is 10.2 Å². The van der Waals surface area contributed by atoms with Crippen LogP contribution in [0.2, 0.25) is 0 Å². The maximum Gasteiger partial charge on any atom is 0.0746 e. The molecule has 4 heteroatoms. The molecule has 2 aliphatic heterocycles. The Hall–Kier alpha value is -0.160. The minimum Gasteiger partial charge on any atom is -0.389 e. The van der Waals surface area contributed by atoms with E-state index >= 15 is 0 Å². The molecule has 2 atom stereocenters. The predicted molar refractivity (Wildman–Crippen MR) is 68.1 cm³/mol. The molecule has 2 aliphatic rings. The van der Waals surface area contributed by atoms with Gasteiger partial charge in [0, 0.05) is 31.7 Å². The van der Waals surface area contributed by atoms with Crippen LogP contribution in [0.25, 0.3) is 0 Å². The molecule has 0 aliphatic carbocycles. The van der Waals surface area contributed by atoms with Gasteiger partial charge >= 0.3 is 0 Å². The number of nitrogens with zero attached hydrogens (tertiary/aromatic N) is 1. The van der Waals surface area contributed by atoms with Crippen LogP contribution in [0.5, 0.6) is 0 Å². The minimum atomic E-state index is -0.501. The zero-order chi connectivity index (χ0) is 12.4. The van der Waals surface area contributed by atoms with Crippen LogP contribution >= 0.6 is 0 Å². The highest BCUT2D eigenvalue weighted by Crippen LogP contribution is 2.31. The predicted octanol–water partition coefficient (Wildman–Crippen LogP) is 0.459. The van der Waals surface area contributed by atoms with Gasteiger partial charge in [0.25, 0.3) is 0 Å². The molecule has 0 radical (unpaired) electrons. The second-order valence-corrected chi connectivity index (χ2v) is 6.14. The number of rotatable bonds is 4. The lowest BCUT2D eigenvalue weighted by Gasteiger charge is -2.41. The number of hydrogen-bond donors (Lipinski definition) is 2. The van der Waals surface area contributed by atoms with Gasteiger partial charge in [0.15, 0.2) is 0 Å². The van der Waals surface area contributed by atoms with Crippen LogP contribution in [0.4, 0.5) is 0 Å². The molecular formula is C13H26N2O2. The Kier molecular flexibility index (Phi) is 4.08. The van der Waals surface area contributed by atoms with Gasteiger partial charge in [-0.3, -0.25) is 4.90 Å². The summed E-state index contributed by atoms with van der Waals surface area (Å²) in [6.45, 7) is 7.66. The summed E-state index contributed by atoms with van der Waals surface area (Å²) < 4.78 is 5.58. The van der Waals surface area contributed by atoms with Crippen molar-refractivity contribution in [1.82, 2.24) is 10.2 Å². The summed E-state index contributed by atoms with van der Waals surface area (Å²) in [5.74, 6) is 0. The fourth-order valence-corrected chi connectivity index (χ4v) is 3.28. The third kappa shape index (κ3) is 3.41. The number of nitrogens with one attached hydrogen (secondary N) is 1. The molecule has 0 saturated carbocycles. The van der Waals surface area contributed by atoms with Gasteiger partial charge in [0.1, 0.15) is 0 Å².